The van der Waals surface area contributed by atoms with E-state index < -0.39 is 14.9 Å². The van der Waals surface area contributed by atoms with Crippen LogP contribution in [0.4, 0.5) is 11.4 Å². The topological polar surface area (TPSA) is 114 Å². The van der Waals surface area contributed by atoms with E-state index in [1.165, 1.54) is 16.4 Å². The number of nitro groups is 1. The number of nitrogens with zero attached hydrogens (tertiary/aromatic N) is 5. The quantitative estimate of drug-likeness (QED) is 0.397. The third kappa shape index (κ3) is 5.21. The lowest BCUT2D eigenvalue weighted by molar-refractivity contribution is -0.384. The summed E-state index contributed by atoms with van der Waals surface area (Å²) < 4.78 is 29.1. The maximum absolute atomic E-state index is 13.0. The molecule has 0 aliphatic carbocycles. The van der Waals surface area contributed by atoms with E-state index in [4.69, 9.17) is 0 Å². The van der Waals surface area contributed by atoms with E-state index in [2.05, 4.69) is 10.4 Å². The molecule has 10 nitrogen and oxygen atoms in total. The van der Waals surface area contributed by atoms with Gasteiger partial charge in [-0.05, 0) is 43.3 Å². The van der Waals surface area contributed by atoms with Gasteiger partial charge >= 0.3 is 0 Å². The highest BCUT2D eigenvalue weighted by atomic mass is 32.2. The molecule has 4 rings (SSSR count). The summed E-state index contributed by atoms with van der Waals surface area (Å²) in [6.07, 6.45) is 4.28. The lowest BCUT2D eigenvalue weighted by atomic mass is 10.2. The predicted octanol–water partition coefficient (Wildman–Crippen LogP) is 2.37. The highest BCUT2D eigenvalue weighted by molar-refractivity contribution is 7.89. The minimum absolute atomic E-state index is 0.0616. The van der Waals surface area contributed by atoms with E-state index in [-0.39, 0.29) is 16.3 Å². The SMILES string of the molecule is CN1CCN(S(=O)(=O)c2ccc(NCCc3cnn(-c4ccccc4)c3)c([N+](=O)[O-])c2)CC1. The van der Waals surface area contributed by atoms with Gasteiger partial charge < -0.3 is 10.2 Å². The summed E-state index contributed by atoms with van der Waals surface area (Å²) in [4.78, 5) is 13.1. The molecule has 0 radical (unpaired) electrons. The van der Waals surface area contributed by atoms with Gasteiger partial charge in [0.05, 0.1) is 21.7 Å². The van der Waals surface area contributed by atoms with Crippen LogP contribution in [-0.2, 0) is 16.4 Å². The van der Waals surface area contributed by atoms with Gasteiger partial charge in [0.1, 0.15) is 5.69 Å². The average molecular weight is 471 g/mol. The van der Waals surface area contributed by atoms with Gasteiger partial charge in [-0.15, -0.1) is 0 Å². The lowest BCUT2D eigenvalue weighted by Gasteiger charge is -2.31. The molecule has 3 aromatic rings. The van der Waals surface area contributed by atoms with Crippen LogP contribution in [0.25, 0.3) is 5.69 Å². The van der Waals surface area contributed by atoms with Gasteiger partial charge in [-0.3, -0.25) is 10.1 Å². The fourth-order valence-electron chi connectivity index (χ4n) is 3.70. The van der Waals surface area contributed by atoms with Gasteiger partial charge in [0, 0.05) is 45.0 Å². The number of rotatable bonds is 8. The second-order valence-electron chi connectivity index (χ2n) is 7.95. The van der Waals surface area contributed by atoms with Crippen LogP contribution in [0.2, 0.25) is 0 Å². The molecule has 1 aliphatic rings. The van der Waals surface area contributed by atoms with Crippen molar-refractivity contribution in [3.8, 4) is 5.69 Å². The molecule has 1 saturated heterocycles. The van der Waals surface area contributed by atoms with Gasteiger partial charge in [-0.2, -0.15) is 9.40 Å². The number of hydrogen-bond acceptors (Lipinski definition) is 7. The van der Waals surface area contributed by atoms with Crippen LogP contribution >= 0.6 is 0 Å². The lowest BCUT2D eigenvalue weighted by Crippen LogP contribution is -2.47. The summed E-state index contributed by atoms with van der Waals surface area (Å²) in [6, 6.07) is 13.8. The maximum Gasteiger partial charge on any atom is 0.293 e. The van der Waals surface area contributed by atoms with Crippen LogP contribution < -0.4 is 5.32 Å². The Kier molecular flexibility index (Phi) is 6.72. The first-order chi connectivity index (χ1) is 15.8. The average Bonchev–Trinajstić information content (AvgIpc) is 3.29. The number of benzene rings is 2. The Labute approximate surface area is 192 Å². The molecule has 0 unspecified atom stereocenters. The van der Waals surface area contributed by atoms with Crippen molar-refractivity contribution in [2.45, 2.75) is 11.3 Å². The molecule has 174 valence electrons. The number of nitro benzene ring substituents is 1. The van der Waals surface area contributed by atoms with Crippen molar-refractivity contribution in [2.75, 3.05) is 45.1 Å². The van der Waals surface area contributed by atoms with Crippen LogP contribution in [0.1, 0.15) is 5.56 Å². The van der Waals surface area contributed by atoms with Gasteiger partial charge in [-0.1, -0.05) is 18.2 Å². The van der Waals surface area contributed by atoms with Crippen LogP contribution in [0.15, 0.2) is 65.8 Å². The van der Waals surface area contributed by atoms with E-state index in [9.17, 15) is 18.5 Å². The first-order valence-corrected chi connectivity index (χ1v) is 12.1. The van der Waals surface area contributed by atoms with E-state index in [0.29, 0.717) is 39.1 Å². The first kappa shape index (κ1) is 22.9. The van der Waals surface area contributed by atoms with Crippen LogP contribution in [0, 0.1) is 10.1 Å². The Hall–Kier alpha value is -3.28. The van der Waals surface area contributed by atoms with Crippen molar-refractivity contribution < 1.29 is 13.3 Å². The smallest absolute Gasteiger partial charge is 0.293 e. The minimum Gasteiger partial charge on any atom is -0.379 e. The molecule has 0 spiro atoms. The van der Waals surface area contributed by atoms with E-state index in [1.807, 2.05) is 48.5 Å². The van der Waals surface area contributed by atoms with E-state index in [1.54, 1.807) is 10.9 Å². The highest BCUT2D eigenvalue weighted by Gasteiger charge is 2.29. The van der Waals surface area contributed by atoms with E-state index in [0.717, 1.165) is 17.3 Å². The number of piperazine rings is 1. The second-order valence-corrected chi connectivity index (χ2v) is 9.89. The molecule has 0 atom stereocenters. The Balaban J connectivity index is 1.44. The number of likely N-dealkylation sites (N-methyl/N-ethyl adjacent to an activating group) is 1. The maximum atomic E-state index is 13.0. The molecule has 33 heavy (non-hydrogen) atoms. The number of hydrogen-bond donors (Lipinski definition) is 1. The van der Waals surface area contributed by atoms with Crippen molar-refractivity contribution in [3.63, 3.8) is 0 Å². The zero-order valence-corrected chi connectivity index (χ0v) is 19.1. The zero-order valence-electron chi connectivity index (χ0n) is 18.3. The van der Waals surface area contributed by atoms with Crippen molar-refractivity contribution in [1.82, 2.24) is 19.0 Å². The van der Waals surface area contributed by atoms with Crippen LogP contribution in [0.5, 0.6) is 0 Å². The largest absolute Gasteiger partial charge is 0.379 e. The molecule has 0 bridgehead atoms. The monoisotopic (exact) mass is 470 g/mol. The summed E-state index contributed by atoms with van der Waals surface area (Å²) in [6.45, 7) is 2.42. The van der Waals surface area contributed by atoms with Gasteiger partial charge in [-0.25, -0.2) is 13.1 Å². The van der Waals surface area contributed by atoms with Crippen molar-refractivity contribution in [1.29, 1.82) is 0 Å². The molecule has 11 heteroatoms. The summed E-state index contributed by atoms with van der Waals surface area (Å²) in [5.41, 5.74) is 1.95. The van der Waals surface area contributed by atoms with Crippen molar-refractivity contribution >= 4 is 21.4 Å². The Morgan fingerprint density at radius 1 is 1.09 bits per heavy atom. The number of anilines is 1. The Morgan fingerprint density at radius 3 is 2.52 bits per heavy atom. The fourth-order valence-corrected chi connectivity index (χ4v) is 5.15. The van der Waals surface area contributed by atoms with Crippen molar-refractivity contribution in [2.24, 2.45) is 0 Å². The Morgan fingerprint density at radius 2 is 1.82 bits per heavy atom. The summed E-state index contributed by atoms with van der Waals surface area (Å²) >= 11 is 0. The zero-order chi connectivity index (χ0) is 23.4. The van der Waals surface area contributed by atoms with Gasteiger partial charge in [0.2, 0.25) is 10.0 Å². The second kappa shape index (κ2) is 9.69. The molecular weight excluding hydrogens is 444 g/mol. The predicted molar refractivity (Wildman–Crippen MR) is 125 cm³/mol. The molecule has 1 aromatic heterocycles. The molecule has 0 saturated carbocycles. The number of aromatic nitrogens is 2. The molecule has 1 fully saturated rings. The molecule has 2 heterocycles. The standard InChI is InChI=1S/C22H26N6O4S/c1-25-11-13-26(14-12-25)33(31,32)20-7-8-21(22(15-20)28(29)30)23-10-9-18-16-24-27(17-18)19-5-3-2-4-6-19/h2-8,15-17,23H,9-14H2,1H3. The molecular formula is C22H26N6O4S. The van der Waals surface area contributed by atoms with Crippen molar-refractivity contribution in [3.05, 3.63) is 76.6 Å². The minimum atomic E-state index is -3.78. The third-order valence-electron chi connectivity index (χ3n) is 5.65. The first-order valence-electron chi connectivity index (χ1n) is 10.6. The third-order valence-corrected chi connectivity index (χ3v) is 7.55. The van der Waals surface area contributed by atoms with Crippen LogP contribution in [0.3, 0.4) is 0 Å². The fraction of sp³-hybridized carbons (Fsp3) is 0.318. The summed E-state index contributed by atoms with van der Waals surface area (Å²) in [5.74, 6) is 0. The highest BCUT2D eigenvalue weighted by Crippen LogP contribution is 2.29. The number of para-hydroxylation sites is 1. The number of sulfonamides is 1. The normalized spacial score (nSPS) is 15.4. The van der Waals surface area contributed by atoms with Crippen LogP contribution in [-0.4, -0.2) is 72.1 Å². The number of nitrogens with one attached hydrogen (secondary N) is 1. The molecule has 1 N–H and O–H groups in total. The molecule has 0 amide bonds. The summed E-state index contributed by atoms with van der Waals surface area (Å²) in [5, 5.41) is 19.1. The van der Waals surface area contributed by atoms with Gasteiger partial charge in [0.15, 0.2) is 0 Å². The molecule has 1 aliphatic heterocycles. The summed E-state index contributed by atoms with van der Waals surface area (Å²) in [7, 11) is -1.85. The Bertz CT molecular complexity index is 1220. The molecule has 2 aromatic carbocycles. The van der Waals surface area contributed by atoms with Gasteiger partial charge in [0.25, 0.3) is 5.69 Å². The van der Waals surface area contributed by atoms with E-state index >= 15 is 0 Å².